The van der Waals surface area contributed by atoms with E-state index in [4.69, 9.17) is 42.6 Å². The molecule has 8 aromatic carbocycles. The molecule has 0 amide bonds. The summed E-state index contributed by atoms with van der Waals surface area (Å²) >= 11 is 2.87. The Balaban J connectivity index is 0.957. The first-order valence-corrected chi connectivity index (χ1v) is 30.9. The molecule has 0 radical (unpaired) electrons. The van der Waals surface area contributed by atoms with Gasteiger partial charge in [0.25, 0.3) is 0 Å². The van der Waals surface area contributed by atoms with Gasteiger partial charge in [-0.3, -0.25) is 0 Å². The fourth-order valence-corrected chi connectivity index (χ4v) is 12.3. The number of hydrogen-bond acceptors (Lipinski definition) is 17. The maximum absolute atomic E-state index is 7.57. The lowest BCUT2D eigenvalue weighted by atomic mass is 9.97. The zero-order valence-corrected chi connectivity index (χ0v) is 49.2. The smallest absolute Gasteiger partial charge is 0.214 e. The van der Waals surface area contributed by atoms with Gasteiger partial charge in [-0.1, -0.05) is 242 Å². The van der Waals surface area contributed by atoms with E-state index < -0.39 is 61.4 Å². The van der Waals surface area contributed by atoms with E-state index in [-0.39, 0.29) is 39.6 Å². The van der Waals surface area contributed by atoms with E-state index in [9.17, 15) is 0 Å². The molecule has 2 aliphatic rings. The maximum atomic E-state index is 7.57. The molecule has 10 aromatic rings. The minimum atomic E-state index is -1.19. The van der Waals surface area contributed by atoms with Gasteiger partial charge in [0.1, 0.15) is 36.6 Å². The minimum Gasteiger partial charge on any atom is -0.368 e. The summed E-state index contributed by atoms with van der Waals surface area (Å²) in [6.45, 7) is 1.31. The van der Waals surface area contributed by atoms with Gasteiger partial charge in [-0.05, 0) is 78.5 Å². The predicted molar refractivity (Wildman–Crippen MR) is 328 cm³/mol. The van der Waals surface area contributed by atoms with Gasteiger partial charge in [-0.25, -0.2) is 0 Å². The normalized spacial score (nSPS) is 22.0. The van der Waals surface area contributed by atoms with Gasteiger partial charge in [0, 0.05) is 11.5 Å². The van der Waals surface area contributed by atoms with Crippen LogP contribution < -0.4 is 0 Å². The van der Waals surface area contributed by atoms with Crippen LogP contribution in [-0.2, 0) is 82.3 Å². The third-order valence-electron chi connectivity index (χ3n) is 14.8. The summed E-state index contributed by atoms with van der Waals surface area (Å²) in [5.41, 5.74) is 7.35. The highest BCUT2D eigenvalue weighted by atomic mass is 32.2. The lowest BCUT2D eigenvalue weighted by Crippen LogP contribution is -2.65. The van der Waals surface area contributed by atoms with Crippen molar-refractivity contribution in [2.24, 2.45) is 0 Å². The quantitative estimate of drug-likeness (QED) is 0.0424. The molecule has 12 rings (SSSR count). The molecule has 4 heterocycles. The first kappa shape index (κ1) is 59.6. The van der Waals surface area contributed by atoms with E-state index >= 15 is 0 Å². The van der Waals surface area contributed by atoms with E-state index in [0.29, 0.717) is 21.8 Å². The summed E-state index contributed by atoms with van der Waals surface area (Å²) in [7, 11) is 0. The average molecular weight is 1200 g/mol. The molecule has 444 valence electrons. The second-order valence-corrected chi connectivity index (χ2v) is 22.8. The van der Waals surface area contributed by atoms with Crippen molar-refractivity contribution in [2.45, 2.75) is 111 Å². The summed E-state index contributed by atoms with van der Waals surface area (Å²) in [5, 5.41) is 27.1. The number of tetrazole rings is 2. The molecule has 10 atom stereocenters. The van der Waals surface area contributed by atoms with Crippen LogP contribution in [-0.4, -0.2) is 113 Å². The number of para-hydroxylation sites is 2. The molecule has 0 aliphatic carbocycles. The van der Waals surface area contributed by atoms with Crippen LogP contribution in [0.4, 0.5) is 0 Å². The number of aromatic nitrogens is 8. The fourth-order valence-electron chi connectivity index (χ4n) is 10.4. The lowest BCUT2D eigenvalue weighted by molar-refractivity contribution is -0.387. The van der Waals surface area contributed by atoms with E-state index in [1.54, 1.807) is 9.36 Å². The fraction of sp³-hybridized carbons (Fsp3) is 0.265. The van der Waals surface area contributed by atoms with Gasteiger partial charge in [0.15, 0.2) is 12.6 Å². The van der Waals surface area contributed by atoms with Gasteiger partial charge in [-0.15, -0.1) is 10.2 Å². The van der Waals surface area contributed by atoms with E-state index in [2.05, 4.69) is 31.1 Å². The van der Waals surface area contributed by atoms with Crippen LogP contribution in [0.5, 0.6) is 0 Å². The zero-order chi connectivity index (χ0) is 58.7. The van der Waals surface area contributed by atoms with Crippen molar-refractivity contribution in [2.75, 3.05) is 11.5 Å². The topological polar surface area (TPSA) is 170 Å². The molecule has 2 aromatic heterocycles. The summed E-state index contributed by atoms with van der Waals surface area (Å²) in [5.74, 6) is 0.604. The second-order valence-electron chi connectivity index (χ2n) is 20.8. The Morgan fingerprint density at radius 2 is 0.563 bits per heavy atom. The monoisotopic (exact) mass is 1200 g/mol. The van der Waals surface area contributed by atoms with Crippen LogP contribution in [0.3, 0.4) is 0 Å². The van der Waals surface area contributed by atoms with Gasteiger partial charge >= 0.3 is 0 Å². The number of rotatable bonds is 28. The lowest BCUT2D eigenvalue weighted by Gasteiger charge is -2.50. The minimum absolute atomic E-state index is 0.184. The molecule has 2 fully saturated rings. The van der Waals surface area contributed by atoms with Gasteiger partial charge < -0.3 is 42.6 Å². The second kappa shape index (κ2) is 30.7. The largest absolute Gasteiger partial charge is 0.368 e. The molecule has 87 heavy (non-hydrogen) atoms. The molecule has 17 nitrogen and oxygen atoms in total. The third kappa shape index (κ3) is 16.1. The zero-order valence-electron chi connectivity index (χ0n) is 47.6. The van der Waals surface area contributed by atoms with E-state index in [1.165, 1.54) is 23.5 Å². The van der Waals surface area contributed by atoms with Crippen molar-refractivity contribution in [1.82, 2.24) is 40.4 Å². The molecular weight excluding hydrogens is 1140 g/mol. The van der Waals surface area contributed by atoms with Crippen molar-refractivity contribution in [1.29, 1.82) is 0 Å². The van der Waals surface area contributed by atoms with Crippen LogP contribution in [0.15, 0.2) is 253 Å². The summed E-state index contributed by atoms with van der Waals surface area (Å²) in [6.07, 6.45) is -8.82. The third-order valence-corrected chi connectivity index (χ3v) is 16.8. The van der Waals surface area contributed by atoms with Crippen LogP contribution in [0.1, 0.15) is 33.4 Å². The highest BCUT2D eigenvalue weighted by Crippen LogP contribution is 2.39. The van der Waals surface area contributed by atoms with Gasteiger partial charge in [-0.2, -0.15) is 9.36 Å². The molecule has 0 spiro atoms. The predicted octanol–water partition coefficient (Wildman–Crippen LogP) is 11.5. The highest BCUT2D eigenvalue weighted by Gasteiger charge is 2.54. The van der Waals surface area contributed by atoms with Crippen LogP contribution >= 0.6 is 23.5 Å². The van der Waals surface area contributed by atoms with Crippen molar-refractivity contribution < 1.29 is 42.6 Å². The Hall–Kier alpha value is -7.76. The highest BCUT2D eigenvalue weighted by molar-refractivity contribution is 7.99. The molecule has 0 saturated carbocycles. The van der Waals surface area contributed by atoms with E-state index in [0.717, 1.165) is 44.8 Å². The maximum Gasteiger partial charge on any atom is 0.214 e. The Kier molecular flexibility index (Phi) is 21.0. The molecule has 0 bridgehead atoms. The van der Waals surface area contributed by atoms with Gasteiger partial charge in [0.05, 0.1) is 63.2 Å². The Bertz CT molecular complexity index is 3340. The van der Waals surface area contributed by atoms with Crippen molar-refractivity contribution in [3.63, 3.8) is 0 Å². The molecule has 2 aliphatic heterocycles. The van der Waals surface area contributed by atoms with Crippen molar-refractivity contribution >= 4 is 23.5 Å². The number of thioether (sulfide) groups is 2. The summed E-state index contributed by atoms with van der Waals surface area (Å²) in [6, 6.07) is 79.8. The Labute approximate surface area is 514 Å². The molecule has 2 saturated heterocycles. The number of ether oxygens (including phenoxy) is 9. The standard InChI is InChI=1S/C68H66N8O9S2/c1-9-25-49(26-10-1)41-77-59-57(47-86-67-69-71-73-75(67)55-37-21-7-22-38-55)83-65(63(81-45-53-33-17-5-18-34-53)61(59)79-43-51-29-13-3-14-30-51)85-66-64(82-46-54-35-19-6-20-36-54)62(80-44-52-31-15-4-16-32-52)60(78-42-50-27-11-2-12-28-50)58(84-66)48-87-68-70-72-74-76(68)56-39-23-8-24-40-56/h1-40,57-66H,41-48H2/t57-,58-,59-,60-,61+,62+,63-,64-,65-,66-/m1/s1. The van der Waals surface area contributed by atoms with Crippen LogP contribution in [0.2, 0.25) is 0 Å². The summed E-state index contributed by atoms with van der Waals surface area (Å²) in [4.78, 5) is 0. The molecule has 0 N–H and O–H groups in total. The van der Waals surface area contributed by atoms with Crippen molar-refractivity contribution in [3.8, 4) is 11.4 Å². The van der Waals surface area contributed by atoms with Crippen LogP contribution in [0, 0.1) is 0 Å². The van der Waals surface area contributed by atoms with Crippen LogP contribution in [0.25, 0.3) is 11.4 Å². The number of hydrogen-bond donors (Lipinski definition) is 0. The molecule has 0 unspecified atom stereocenters. The first-order chi connectivity index (χ1) is 43.1. The SMILES string of the molecule is c1ccc(CO[C@@H]2[C@@H](OCc3ccccc3)[C@@H](O[C@H]3O[C@H](CSc4nnnn4-c4ccccc4)[C@@H](OCc4ccccc4)[C@H](OCc4ccccc4)[C@H]3OCc3ccccc3)O[C@H](CSc3nnnn3-c3ccccc3)[C@H]2OCc2ccccc2)cc1. The first-order valence-electron chi connectivity index (χ1n) is 29.0. The molecule has 19 heteroatoms. The van der Waals surface area contributed by atoms with E-state index in [1.807, 2.05) is 243 Å². The number of benzene rings is 8. The Morgan fingerprint density at radius 1 is 0.310 bits per heavy atom. The number of nitrogens with zero attached hydrogens (tertiary/aromatic N) is 8. The van der Waals surface area contributed by atoms with Gasteiger partial charge in [0.2, 0.25) is 10.3 Å². The molecular formula is C68H66N8O9S2. The average Bonchev–Trinajstić information content (AvgIpc) is 4.45. The van der Waals surface area contributed by atoms with Crippen molar-refractivity contribution in [3.05, 3.63) is 276 Å². The Morgan fingerprint density at radius 3 is 0.851 bits per heavy atom. The summed E-state index contributed by atoms with van der Waals surface area (Å²) < 4.78 is 69.0.